The van der Waals surface area contributed by atoms with Gasteiger partial charge in [-0.1, -0.05) is 0 Å². The van der Waals surface area contributed by atoms with Crippen LogP contribution in [0.5, 0.6) is 6.01 Å². The Morgan fingerprint density at radius 2 is 2.50 bits per heavy atom. The Morgan fingerprint density at radius 1 is 1.75 bits per heavy atom. The maximum Gasteiger partial charge on any atom is 0.335 e. The molecule has 0 bridgehead atoms. The van der Waals surface area contributed by atoms with Crippen LogP contribution in [0.15, 0.2) is 6.33 Å². The summed E-state index contributed by atoms with van der Waals surface area (Å²) in [6.45, 7) is 2.76. The van der Waals surface area contributed by atoms with Crippen LogP contribution in [0.4, 0.5) is 0 Å². The summed E-state index contributed by atoms with van der Waals surface area (Å²) in [5.41, 5.74) is 0. The van der Waals surface area contributed by atoms with E-state index in [2.05, 4.69) is 15.4 Å². The van der Waals surface area contributed by atoms with Crippen LogP contribution in [0.3, 0.4) is 0 Å². The minimum absolute atomic E-state index is 0.0948. The topological polar surface area (TPSA) is 52.0 Å². The van der Waals surface area contributed by atoms with Crippen LogP contribution < -0.4 is 10.1 Å². The molecule has 0 aliphatic heterocycles. The first-order valence-electron chi connectivity index (χ1n) is 3.89. The Kier molecular flexibility index (Phi) is 3.04. The Hall–Kier alpha value is -1.10. The number of hydrogen-bond donors (Lipinski definition) is 1. The van der Waals surface area contributed by atoms with Gasteiger partial charge in [-0.05, 0) is 14.0 Å². The van der Waals surface area contributed by atoms with Crippen molar-refractivity contribution in [1.82, 2.24) is 20.1 Å². The summed E-state index contributed by atoms with van der Waals surface area (Å²) in [6, 6.07) is 0.431. The fourth-order valence-corrected chi connectivity index (χ4v) is 0.883. The van der Waals surface area contributed by atoms with Crippen LogP contribution in [0.25, 0.3) is 0 Å². The zero-order valence-corrected chi connectivity index (χ0v) is 7.61. The van der Waals surface area contributed by atoms with Crippen molar-refractivity contribution < 1.29 is 4.74 Å². The van der Waals surface area contributed by atoms with Crippen LogP contribution >= 0.6 is 0 Å². The highest BCUT2D eigenvalue weighted by Crippen LogP contribution is 2.01. The number of nitrogens with one attached hydrogen (secondary N) is 1. The molecular weight excluding hydrogens is 156 g/mol. The molecule has 0 aromatic carbocycles. The largest absolute Gasteiger partial charge is 0.458 e. The minimum Gasteiger partial charge on any atom is -0.458 e. The Morgan fingerprint density at radius 3 is 3.00 bits per heavy atom. The van der Waals surface area contributed by atoms with E-state index in [1.54, 1.807) is 11.0 Å². The maximum atomic E-state index is 5.37. The lowest BCUT2D eigenvalue weighted by Gasteiger charge is -2.09. The molecule has 1 aromatic heterocycles. The van der Waals surface area contributed by atoms with E-state index < -0.39 is 0 Å². The van der Waals surface area contributed by atoms with Gasteiger partial charge in [-0.25, -0.2) is 0 Å². The van der Waals surface area contributed by atoms with Crippen LogP contribution in [0.1, 0.15) is 6.92 Å². The highest BCUT2D eigenvalue weighted by Gasteiger charge is 2.05. The van der Waals surface area contributed by atoms with Gasteiger partial charge in [-0.2, -0.15) is 4.98 Å². The zero-order valence-electron chi connectivity index (χ0n) is 7.61. The van der Waals surface area contributed by atoms with E-state index >= 15 is 0 Å². The smallest absolute Gasteiger partial charge is 0.335 e. The summed E-state index contributed by atoms with van der Waals surface area (Å²) in [6.07, 6.45) is 1.71. The average Bonchev–Trinajstić information content (AvgIpc) is 2.36. The van der Waals surface area contributed by atoms with Gasteiger partial charge in [-0.3, -0.25) is 4.68 Å². The molecule has 0 aliphatic carbocycles. The number of rotatable bonds is 4. The van der Waals surface area contributed by atoms with Crippen LogP contribution in [0, 0.1) is 0 Å². The molecule has 0 aliphatic rings. The maximum absolute atomic E-state index is 5.37. The normalized spacial score (nSPS) is 12.9. The molecule has 0 spiro atoms. The number of ether oxygens (including phenoxy) is 1. The molecule has 12 heavy (non-hydrogen) atoms. The summed E-state index contributed by atoms with van der Waals surface area (Å²) in [5.74, 6) is 0. The van der Waals surface area contributed by atoms with E-state index in [4.69, 9.17) is 4.74 Å². The molecule has 0 radical (unpaired) electrons. The van der Waals surface area contributed by atoms with Crippen LogP contribution in [-0.2, 0) is 7.05 Å². The summed E-state index contributed by atoms with van der Waals surface area (Å²) >= 11 is 0. The van der Waals surface area contributed by atoms with Crippen LogP contribution in [0.2, 0.25) is 0 Å². The molecule has 1 N–H and O–H groups in total. The standard InChI is InChI=1S/C7H14N4O/c1-6(4-8-2)12-7-9-5-11(3)10-7/h5-6,8H,4H2,1-3H3. The van der Waals surface area contributed by atoms with Crippen LogP contribution in [-0.4, -0.2) is 34.5 Å². The van der Waals surface area contributed by atoms with E-state index in [9.17, 15) is 0 Å². The molecule has 5 nitrogen and oxygen atoms in total. The predicted molar refractivity (Wildman–Crippen MR) is 45.0 cm³/mol. The summed E-state index contributed by atoms with van der Waals surface area (Å²) in [4.78, 5) is 3.94. The zero-order chi connectivity index (χ0) is 8.97. The summed E-state index contributed by atoms with van der Waals surface area (Å²) in [7, 11) is 3.69. The van der Waals surface area contributed by atoms with Crippen molar-refractivity contribution >= 4 is 0 Å². The molecule has 0 fully saturated rings. The Balaban J connectivity index is 2.41. The van der Waals surface area contributed by atoms with E-state index in [0.29, 0.717) is 6.01 Å². The van der Waals surface area contributed by atoms with Crippen molar-refractivity contribution in [2.24, 2.45) is 7.05 Å². The molecule has 1 atom stereocenters. The van der Waals surface area contributed by atoms with Crippen molar-refractivity contribution in [2.45, 2.75) is 13.0 Å². The van der Waals surface area contributed by atoms with E-state index in [1.807, 2.05) is 21.0 Å². The average molecular weight is 170 g/mol. The van der Waals surface area contributed by atoms with Gasteiger partial charge in [0.25, 0.3) is 0 Å². The molecule has 0 saturated carbocycles. The van der Waals surface area contributed by atoms with Crippen molar-refractivity contribution in [3.05, 3.63) is 6.33 Å². The first-order chi connectivity index (χ1) is 5.72. The van der Waals surface area contributed by atoms with Gasteiger partial charge in [0.1, 0.15) is 12.4 Å². The van der Waals surface area contributed by atoms with Gasteiger partial charge in [0.2, 0.25) is 0 Å². The highest BCUT2D eigenvalue weighted by molar-refractivity contribution is 4.88. The second kappa shape index (κ2) is 4.06. The first kappa shape index (κ1) is 8.99. The minimum atomic E-state index is 0.0948. The number of likely N-dealkylation sites (N-methyl/N-ethyl adjacent to an activating group) is 1. The number of aryl methyl sites for hydroxylation is 1. The van der Waals surface area contributed by atoms with Crippen molar-refractivity contribution in [2.75, 3.05) is 13.6 Å². The quantitative estimate of drug-likeness (QED) is 0.680. The van der Waals surface area contributed by atoms with Gasteiger partial charge >= 0.3 is 6.01 Å². The third-order valence-electron chi connectivity index (χ3n) is 1.38. The van der Waals surface area contributed by atoms with E-state index in [0.717, 1.165) is 6.54 Å². The van der Waals surface area contributed by atoms with E-state index in [1.165, 1.54) is 0 Å². The summed E-state index contributed by atoms with van der Waals surface area (Å²) < 4.78 is 6.98. The lowest BCUT2D eigenvalue weighted by molar-refractivity contribution is 0.202. The van der Waals surface area contributed by atoms with E-state index in [-0.39, 0.29) is 6.10 Å². The first-order valence-corrected chi connectivity index (χ1v) is 3.89. The number of nitrogens with zero attached hydrogens (tertiary/aromatic N) is 3. The lowest BCUT2D eigenvalue weighted by Crippen LogP contribution is -2.26. The summed E-state index contributed by atoms with van der Waals surface area (Å²) in [5, 5.41) is 7.00. The van der Waals surface area contributed by atoms with Gasteiger partial charge in [0.05, 0.1) is 0 Å². The van der Waals surface area contributed by atoms with Crippen molar-refractivity contribution in [1.29, 1.82) is 0 Å². The molecular formula is C7H14N4O. The van der Waals surface area contributed by atoms with Gasteiger partial charge in [-0.15, -0.1) is 5.10 Å². The lowest BCUT2D eigenvalue weighted by atomic mass is 10.4. The predicted octanol–water partition coefficient (Wildman–Crippen LogP) is -0.198. The third kappa shape index (κ3) is 2.50. The molecule has 0 saturated heterocycles. The molecule has 1 rings (SSSR count). The third-order valence-corrected chi connectivity index (χ3v) is 1.38. The molecule has 1 aromatic rings. The number of aromatic nitrogens is 3. The SMILES string of the molecule is CNCC(C)Oc1ncn(C)n1. The fourth-order valence-electron chi connectivity index (χ4n) is 0.883. The van der Waals surface area contributed by atoms with Crippen molar-refractivity contribution in [3.63, 3.8) is 0 Å². The second-order valence-electron chi connectivity index (χ2n) is 2.69. The van der Waals surface area contributed by atoms with Gasteiger partial charge < -0.3 is 10.1 Å². The molecule has 1 unspecified atom stereocenters. The number of hydrogen-bond acceptors (Lipinski definition) is 4. The van der Waals surface area contributed by atoms with Gasteiger partial charge in [0.15, 0.2) is 0 Å². The fraction of sp³-hybridized carbons (Fsp3) is 0.714. The Bertz CT molecular complexity index is 235. The molecule has 5 heteroatoms. The van der Waals surface area contributed by atoms with Crippen molar-refractivity contribution in [3.8, 4) is 6.01 Å². The van der Waals surface area contributed by atoms with Gasteiger partial charge in [0, 0.05) is 13.6 Å². The molecule has 0 amide bonds. The Labute approximate surface area is 71.7 Å². The second-order valence-corrected chi connectivity index (χ2v) is 2.69. The molecule has 1 heterocycles. The monoisotopic (exact) mass is 170 g/mol. The highest BCUT2D eigenvalue weighted by atomic mass is 16.5. The molecule has 68 valence electrons.